The summed E-state index contributed by atoms with van der Waals surface area (Å²) in [6, 6.07) is 5.00. The summed E-state index contributed by atoms with van der Waals surface area (Å²) in [5, 5.41) is 2.53. The fourth-order valence-corrected chi connectivity index (χ4v) is 3.25. The van der Waals surface area contributed by atoms with E-state index < -0.39 is 36.2 Å². The molecule has 0 spiro atoms. The fourth-order valence-electron chi connectivity index (χ4n) is 3.25. The van der Waals surface area contributed by atoms with Crippen LogP contribution in [-0.2, 0) is 4.79 Å². The van der Waals surface area contributed by atoms with Gasteiger partial charge in [-0.1, -0.05) is 6.07 Å². The summed E-state index contributed by atoms with van der Waals surface area (Å²) in [5.41, 5.74) is 0.665. The maximum atomic E-state index is 14.4. The van der Waals surface area contributed by atoms with Crippen molar-refractivity contribution in [3.63, 3.8) is 0 Å². The summed E-state index contributed by atoms with van der Waals surface area (Å²) in [4.78, 5) is 21.8. The van der Waals surface area contributed by atoms with Gasteiger partial charge in [-0.2, -0.15) is 0 Å². The second-order valence-electron chi connectivity index (χ2n) is 6.85. The molecule has 1 aliphatic rings. The Morgan fingerprint density at radius 1 is 1.29 bits per heavy atom. The summed E-state index contributed by atoms with van der Waals surface area (Å²) in [5.74, 6) is -3.85. The molecule has 1 N–H and O–H groups in total. The number of likely N-dealkylation sites (tertiary alicyclic amines) is 1. The molecule has 2 unspecified atom stereocenters. The van der Waals surface area contributed by atoms with Crippen LogP contribution in [0.25, 0.3) is 0 Å². The highest BCUT2D eigenvalue weighted by Crippen LogP contribution is 2.37. The second-order valence-corrected chi connectivity index (χ2v) is 6.85. The van der Waals surface area contributed by atoms with Crippen LogP contribution >= 0.6 is 0 Å². The molecule has 0 radical (unpaired) electrons. The number of aromatic nitrogens is 2. The summed E-state index contributed by atoms with van der Waals surface area (Å²) in [7, 11) is 1.48. The van der Waals surface area contributed by atoms with Crippen LogP contribution in [0, 0.1) is 5.82 Å². The summed E-state index contributed by atoms with van der Waals surface area (Å²) < 4.78 is 46.6. The van der Waals surface area contributed by atoms with Gasteiger partial charge in [0.2, 0.25) is 11.8 Å². The van der Waals surface area contributed by atoms with Crippen LogP contribution < -0.4 is 10.1 Å². The van der Waals surface area contributed by atoms with Crippen LogP contribution in [0.1, 0.15) is 24.8 Å². The third kappa shape index (κ3) is 4.78. The third-order valence-electron chi connectivity index (χ3n) is 4.78. The SMILES string of the molecule is COc1ccc(C2CN(C(C)C(=O)Nc3ccc(F)cn3)CC(F)(F)C2)cn1. The second kappa shape index (κ2) is 8.14. The molecule has 1 aliphatic heterocycles. The molecule has 0 aromatic carbocycles. The van der Waals surface area contributed by atoms with E-state index in [4.69, 9.17) is 4.74 Å². The number of nitrogens with one attached hydrogen (secondary N) is 1. The number of pyridine rings is 2. The van der Waals surface area contributed by atoms with Gasteiger partial charge >= 0.3 is 0 Å². The summed E-state index contributed by atoms with van der Waals surface area (Å²) in [6.45, 7) is 1.33. The van der Waals surface area contributed by atoms with E-state index in [-0.39, 0.29) is 18.8 Å². The Morgan fingerprint density at radius 2 is 2.07 bits per heavy atom. The topological polar surface area (TPSA) is 67.3 Å². The van der Waals surface area contributed by atoms with Gasteiger partial charge in [-0.15, -0.1) is 0 Å². The quantitative estimate of drug-likeness (QED) is 0.844. The molecule has 2 aromatic heterocycles. The van der Waals surface area contributed by atoms with E-state index in [1.165, 1.54) is 24.3 Å². The number of hydrogen-bond donors (Lipinski definition) is 1. The predicted octanol–water partition coefficient (Wildman–Crippen LogP) is 3.08. The summed E-state index contributed by atoms with van der Waals surface area (Å²) >= 11 is 0. The molecule has 28 heavy (non-hydrogen) atoms. The number of halogens is 3. The number of nitrogens with zero attached hydrogens (tertiary/aromatic N) is 3. The minimum absolute atomic E-state index is 0.165. The van der Waals surface area contributed by atoms with Gasteiger partial charge < -0.3 is 10.1 Å². The molecule has 9 heteroatoms. The van der Waals surface area contributed by atoms with Crippen LogP contribution in [0.5, 0.6) is 5.88 Å². The number of ether oxygens (including phenoxy) is 1. The number of methoxy groups -OCH3 is 1. The lowest BCUT2D eigenvalue weighted by molar-refractivity contribution is -0.126. The zero-order chi connectivity index (χ0) is 20.3. The highest BCUT2D eigenvalue weighted by molar-refractivity contribution is 5.93. The molecule has 1 fully saturated rings. The number of rotatable bonds is 5. The van der Waals surface area contributed by atoms with Crippen LogP contribution in [0.15, 0.2) is 36.7 Å². The first-order valence-electron chi connectivity index (χ1n) is 8.81. The Labute approximate surface area is 160 Å². The van der Waals surface area contributed by atoms with Gasteiger partial charge in [0.25, 0.3) is 5.92 Å². The molecule has 0 aliphatic carbocycles. The molecule has 6 nitrogen and oxygen atoms in total. The lowest BCUT2D eigenvalue weighted by atomic mass is 9.88. The van der Waals surface area contributed by atoms with Gasteiger partial charge in [-0.25, -0.2) is 23.1 Å². The Bertz CT molecular complexity index is 815. The van der Waals surface area contributed by atoms with E-state index in [1.54, 1.807) is 19.1 Å². The van der Waals surface area contributed by atoms with E-state index >= 15 is 0 Å². The minimum atomic E-state index is -2.94. The van der Waals surface area contributed by atoms with E-state index in [2.05, 4.69) is 15.3 Å². The number of carbonyl (C=O) groups is 1. The number of carbonyl (C=O) groups excluding carboxylic acids is 1. The first-order valence-corrected chi connectivity index (χ1v) is 8.81. The number of piperidine rings is 1. The maximum Gasteiger partial charge on any atom is 0.261 e. The molecule has 2 atom stereocenters. The van der Waals surface area contributed by atoms with Gasteiger partial charge in [0.05, 0.1) is 25.9 Å². The van der Waals surface area contributed by atoms with Crippen LogP contribution in [0.4, 0.5) is 19.0 Å². The normalized spacial score (nSPS) is 20.4. The minimum Gasteiger partial charge on any atom is -0.481 e. The van der Waals surface area contributed by atoms with Gasteiger partial charge in [0.15, 0.2) is 0 Å². The van der Waals surface area contributed by atoms with Gasteiger partial charge in [0.1, 0.15) is 11.6 Å². The van der Waals surface area contributed by atoms with Crippen molar-refractivity contribution in [2.45, 2.75) is 31.2 Å². The Morgan fingerprint density at radius 3 is 2.68 bits per heavy atom. The zero-order valence-corrected chi connectivity index (χ0v) is 15.5. The number of hydrogen-bond acceptors (Lipinski definition) is 5. The fraction of sp³-hybridized carbons (Fsp3) is 0.421. The average molecular weight is 394 g/mol. The smallest absolute Gasteiger partial charge is 0.261 e. The number of alkyl halides is 2. The molecule has 0 saturated carbocycles. The number of anilines is 1. The van der Waals surface area contributed by atoms with Gasteiger partial charge in [0, 0.05) is 31.1 Å². The number of amides is 1. The molecular weight excluding hydrogens is 373 g/mol. The molecule has 0 bridgehead atoms. The van der Waals surface area contributed by atoms with Gasteiger partial charge in [-0.05, 0) is 24.6 Å². The molecule has 3 rings (SSSR count). The predicted molar refractivity (Wildman–Crippen MR) is 97.0 cm³/mol. The molecule has 150 valence electrons. The van der Waals surface area contributed by atoms with Crippen molar-refractivity contribution >= 4 is 11.7 Å². The van der Waals surface area contributed by atoms with Crippen molar-refractivity contribution in [2.75, 3.05) is 25.5 Å². The first kappa shape index (κ1) is 20.1. The molecule has 2 aromatic rings. The zero-order valence-electron chi connectivity index (χ0n) is 15.5. The van der Waals surface area contributed by atoms with E-state index in [0.29, 0.717) is 11.4 Å². The lowest BCUT2D eigenvalue weighted by Gasteiger charge is -2.40. The monoisotopic (exact) mass is 394 g/mol. The van der Waals surface area contributed by atoms with E-state index in [9.17, 15) is 18.0 Å². The van der Waals surface area contributed by atoms with Gasteiger partial charge in [-0.3, -0.25) is 9.69 Å². The molecule has 1 amide bonds. The van der Waals surface area contributed by atoms with Crippen LogP contribution in [0.3, 0.4) is 0 Å². The highest BCUT2D eigenvalue weighted by atomic mass is 19.3. The van der Waals surface area contributed by atoms with Crippen LogP contribution in [0.2, 0.25) is 0 Å². The third-order valence-corrected chi connectivity index (χ3v) is 4.78. The van der Waals surface area contributed by atoms with Crippen molar-refractivity contribution in [1.82, 2.24) is 14.9 Å². The maximum absolute atomic E-state index is 14.4. The molecule has 3 heterocycles. The average Bonchev–Trinajstić information content (AvgIpc) is 2.68. The van der Waals surface area contributed by atoms with Crippen molar-refractivity contribution in [1.29, 1.82) is 0 Å². The first-order chi connectivity index (χ1) is 13.3. The highest BCUT2D eigenvalue weighted by Gasteiger charge is 2.43. The Kier molecular flexibility index (Phi) is 5.83. The lowest BCUT2D eigenvalue weighted by Crippen LogP contribution is -2.53. The molecular formula is C19H21F3N4O2. The Hall–Kier alpha value is -2.68. The van der Waals surface area contributed by atoms with E-state index in [0.717, 1.165) is 12.3 Å². The standard InChI is InChI=1S/C19H21F3N4O2/c1-12(18(27)25-16-5-4-15(20)9-23-16)26-10-14(7-19(21,22)11-26)13-3-6-17(28-2)24-8-13/h3-6,8-9,12,14H,7,10-11H2,1-2H3,(H,23,25,27). The Balaban J connectivity index is 1.72. The molecule has 1 saturated heterocycles. The van der Waals surface area contributed by atoms with Crippen LogP contribution in [-0.4, -0.2) is 52.9 Å². The van der Waals surface area contributed by atoms with Crippen molar-refractivity contribution in [3.05, 3.63) is 48.0 Å². The summed E-state index contributed by atoms with van der Waals surface area (Å²) in [6.07, 6.45) is 2.18. The van der Waals surface area contributed by atoms with Crippen molar-refractivity contribution in [2.24, 2.45) is 0 Å². The largest absolute Gasteiger partial charge is 0.481 e. The van der Waals surface area contributed by atoms with E-state index in [1.807, 2.05) is 0 Å². The van der Waals surface area contributed by atoms with Crippen molar-refractivity contribution in [3.8, 4) is 5.88 Å². The van der Waals surface area contributed by atoms with Crippen molar-refractivity contribution < 1.29 is 22.7 Å².